The van der Waals surface area contributed by atoms with Crippen molar-refractivity contribution in [2.75, 3.05) is 31.1 Å². The Morgan fingerprint density at radius 1 is 0.955 bits per heavy atom. The summed E-state index contributed by atoms with van der Waals surface area (Å²) in [6, 6.07) is 17.6. The maximum atomic E-state index is 2.50. The number of hydrogen-bond acceptors (Lipinski definition) is 3. The number of para-hydroxylation sites is 2. The molecule has 2 nitrogen and oxygen atoms in total. The summed E-state index contributed by atoms with van der Waals surface area (Å²) in [6.45, 7) is 8.84. The monoisotopic (exact) mass is 312 g/mol. The molecule has 2 aromatic rings. The molecule has 0 aliphatic carbocycles. The molecule has 2 aromatic carbocycles. The number of anilines is 2. The van der Waals surface area contributed by atoms with Gasteiger partial charge in [0.05, 0.1) is 5.69 Å². The molecule has 3 rings (SSSR count). The number of thioether (sulfide) groups is 1. The molecular formula is C19H24N2S. The smallest absolute Gasteiger partial charge is 0.0549 e. The minimum absolute atomic E-state index is 1.04. The Hall–Kier alpha value is -1.45. The minimum Gasteiger partial charge on any atom is -0.339 e. The third kappa shape index (κ3) is 3.16. The van der Waals surface area contributed by atoms with Gasteiger partial charge >= 0.3 is 0 Å². The van der Waals surface area contributed by atoms with Crippen LogP contribution in [0.5, 0.6) is 0 Å². The molecule has 3 heteroatoms. The highest BCUT2D eigenvalue weighted by molar-refractivity contribution is 7.98. The van der Waals surface area contributed by atoms with E-state index in [0.29, 0.717) is 0 Å². The van der Waals surface area contributed by atoms with Gasteiger partial charge in [0.2, 0.25) is 0 Å². The van der Waals surface area contributed by atoms with Crippen LogP contribution in [0.1, 0.15) is 19.4 Å². The van der Waals surface area contributed by atoms with Gasteiger partial charge in [-0.2, -0.15) is 0 Å². The maximum absolute atomic E-state index is 2.50. The Morgan fingerprint density at radius 2 is 1.64 bits per heavy atom. The van der Waals surface area contributed by atoms with Crippen LogP contribution in [-0.4, -0.2) is 31.1 Å². The minimum atomic E-state index is 1.04. The second kappa shape index (κ2) is 7.21. The number of hydrogen-bond donors (Lipinski definition) is 0. The van der Waals surface area contributed by atoms with Crippen molar-refractivity contribution in [1.29, 1.82) is 0 Å². The Labute approximate surface area is 138 Å². The number of likely N-dealkylation sites (N-methyl/N-ethyl adjacent to an activating group) is 1. The van der Waals surface area contributed by atoms with Crippen molar-refractivity contribution in [1.82, 2.24) is 4.90 Å². The Morgan fingerprint density at radius 3 is 2.41 bits per heavy atom. The standard InChI is InChI=1S/C19H24N2S/c1-3-20(4-2)13-14-21-17-10-6-5-9-16(17)15-22-19-12-8-7-11-18(19)21/h5-12H,3-4,13-15H2,1-2H3. The van der Waals surface area contributed by atoms with Gasteiger partial charge in [-0.3, -0.25) is 0 Å². The highest BCUT2D eigenvalue weighted by atomic mass is 32.2. The van der Waals surface area contributed by atoms with Gasteiger partial charge in [-0.25, -0.2) is 0 Å². The van der Waals surface area contributed by atoms with Gasteiger partial charge in [0.15, 0.2) is 0 Å². The van der Waals surface area contributed by atoms with Crippen LogP contribution in [0.4, 0.5) is 11.4 Å². The molecule has 0 saturated carbocycles. The highest BCUT2D eigenvalue weighted by Crippen LogP contribution is 2.42. The van der Waals surface area contributed by atoms with E-state index in [9.17, 15) is 0 Å². The van der Waals surface area contributed by atoms with Crippen molar-refractivity contribution in [3.8, 4) is 0 Å². The van der Waals surface area contributed by atoms with E-state index in [4.69, 9.17) is 0 Å². The van der Waals surface area contributed by atoms with E-state index in [1.807, 2.05) is 11.8 Å². The molecule has 1 aliphatic rings. The molecule has 0 atom stereocenters. The topological polar surface area (TPSA) is 6.48 Å². The van der Waals surface area contributed by atoms with Gasteiger partial charge in [0, 0.05) is 29.4 Å². The third-order valence-electron chi connectivity index (χ3n) is 4.36. The summed E-state index contributed by atoms with van der Waals surface area (Å²) < 4.78 is 0. The fourth-order valence-corrected chi connectivity index (χ4v) is 4.06. The number of nitrogens with zero attached hydrogens (tertiary/aromatic N) is 2. The van der Waals surface area contributed by atoms with E-state index in [-0.39, 0.29) is 0 Å². The van der Waals surface area contributed by atoms with Gasteiger partial charge in [-0.15, -0.1) is 11.8 Å². The number of benzene rings is 2. The van der Waals surface area contributed by atoms with E-state index in [2.05, 4.69) is 72.2 Å². The van der Waals surface area contributed by atoms with Crippen LogP contribution in [0.2, 0.25) is 0 Å². The van der Waals surface area contributed by atoms with Crippen molar-refractivity contribution >= 4 is 23.1 Å². The zero-order valence-corrected chi connectivity index (χ0v) is 14.3. The predicted octanol–water partition coefficient (Wildman–Crippen LogP) is 4.77. The summed E-state index contributed by atoms with van der Waals surface area (Å²) in [5.74, 6) is 1.05. The second-order valence-electron chi connectivity index (χ2n) is 5.56. The van der Waals surface area contributed by atoms with Crippen LogP contribution in [0, 0.1) is 0 Å². The summed E-state index contributed by atoms with van der Waals surface area (Å²) in [4.78, 5) is 6.38. The summed E-state index contributed by atoms with van der Waals surface area (Å²) in [5, 5.41) is 0. The first-order chi connectivity index (χ1) is 10.8. The first-order valence-corrected chi connectivity index (χ1v) is 9.11. The van der Waals surface area contributed by atoms with Crippen LogP contribution in [-0.2, 0) is 5.75 Å². The van der Waals surface area contributed by atoms with Crippen LogP contribution in [0.25, 0.3) is 0 Å². The number of fused-ring (bicyclic) bond motifs is 2. The summed E-state index contributed by atoms with van der Waals surface area (Å²) in [7, 11) is 0. The average Bonchev–Trinajstić information content (AvgIpc) is 2.73. The summed E-state index contributed by atoms with van der Waals surface area (Å²) >= 11 is 1.95. The fourth-order valence-electron chi connectivity index (χ4n) is 3.01. The highest BCUT2D eigenvalue weighted by Gasteiger charge is 2.20. The van der Waals surface area contributed by atoms with Gasteiger partial charge < -0.3 is 9.80 Å². The molecule has 0 spiro atoms. The number of rotatable bonds is 5. The zero-order valence-electron chi connectivity index (χ0n) is 13.5. The first kappa shape index (κ1) is 15.4. The Bertz CT molecular complexity index is 575. The lowest BCUT2D eigenvalue weighted by Gasteiger charge is -2.29. The lowest BCUT2D eigenvalue weighted by Crippen LogP contribution is -2.33. The van der Waals surface area contributed by atoms with Gasteiger partial charge in [-0.05, 0) is 36.9 Å². The maximum Gasteiger partial charge on any atom is 0.0549 e. The largest absolute Gasteiger partial charge is 0.339 e. The average molecular weight is 312 g/mol. The van der Waals surface area contributed by atoms with Crippen molar-refractivity contribution in [2.24, 2.45) is 0 Å². The lowest BCUT2D eigenvalue weighted by molar-refractivity contribution is 0.312. The third-order valence-corrected chi connectivity index (χ3v) is 5.47. The molecule has 1 heterocycles. The van der Waals surface area contributed by atoms with Crippen molar-refractivity contribution in [3.05, 3.63) is 54.1 Å². The fraction of sp³-hybridized carbons (Fsp3) is 0.368. The molecule has 0 fully saturated rings. The molecule has 0 bridgehead atoms. The SMILES string of the molecule is CCN(CC)CCN1c2ccccc2CSc2ccccc21. The van der Waals surface area contributed by atoms with E-state index in [1.165, 1.54) is 21.8 Å². The molecule has 0 aromatic heterocycles. The van der Waals surface area contributed by atoms with Crippen LogP contribution in [0.15, 0.2) is 53.4 Å². The molecule has 0 radical (unpaired) electrons. The molecule has 22 heavy (non-hydrogen) atoms. The van der Waals surface area contributed by atoms with E-state index < -0.39 is 0 Å². The van der Waals surface area contributed by atoms with Crippen LogP contribution >= 0.6 is 11.8 Å². The molecular weight excluding hydrogens is 288 g/mol. The van der Waals surface area contributed by atoms with E-state index in [0.717, 1.165) is 31.9 Å². The predicted molar refractivity (Wildman–Crippen MR) is 97.2 cm³/mol. The van der Waals surface area contributed by atoms with Crippen LogP contribution in [0.3, 0.4) is 0 Å². The Balaban J connectivity index is 1.95. The normalized spacial score (nSPS) is 13.7. The van der Waals surface area contributed by atoms with E-state index >= 15 is 0 Å². The molecule has 0 N–H and O–H groups in total. The van der Waals surface area contributed by atoms with Gasteiger partial charge in [-0.1, -0.05) is 44.2 Å². The molecule has 0 amide bonds. The molecule has 0 unspecified atom stereocenters. The first-order valence-electron chi connectivity index (χ1n) is 8.13. The lowest BCUT2D eigenvalue weighted by atomic mass is 10.1. The van der Waals surface area contributed by atoms with E-state index in [1.54, 1.807) is 0 Å². The molecule has 0 saturated heterocycles. The zero-order chi connectivity index (χ0) is 15.4. The summed E-state index contributed by atoms with van der Waals surface area (Å²) in [6.07, 6.45) is 0. The second-order valence-corrected chi connectivity index (χ2v) is 6.58. The quantitative estimate of drug-likeness (QED) is 0.785. The van der Waals surface area contributed by atoms with Crippen LogP contribution < -0.4 is 4.90 Å². The Kier molecular flexibility index (Phi) is 5.06. The molecule has 1 aliphatic heterocycles. The van der Waals surface area contributed by atoms with Crippen molar-refractivity contribution in [3.63, 3.8) is 0 Å². The van der Waals surface area contributed by atoms with Gasteiger partial charge in [0.25, 0.3) is 0 Å². The summed E-state index contributed by atoms with van der Waals surface area (Å²) in [5.41, 5.74) is 4.15. The van der Waals surface area contributed by atoms with Crippen molar-refractivity contribution in [2.45, 2.75) is 24.5 Å². The van der Waals surface area contributed by atoms with Crippen molar-refractivity contribution < 1.29 is 0 Å². The van der Waals surface area contributed by atoms with Gasteiger partial charge in [0.1, 0.15) is 0 Å². The molecule has 116 valence electrons.